The van der Waals surface area contributed by atoms with Crippen molar-refractivity contribution in [2.45, 2.75) is 0 Å². The van der Waals surface area contributed by atoms with Gasteiger partial charge in [0.05, 0.1) is 16.9 Å². The molecule has 8 aromatic carbocycles. The van der Waals surface area contributed by atoms with Gasteiger partial charge in [-0.15, -0.1) is 0 Å². The van der Waals surface area contributed by atoms with Gasteiger partial charge in [0, 0.05) is 54.7 Å². The van der Waals surface area contributed by atoms with E-state index >= 15 is 0 Å². The van der Waals surface area contributed by atoms with Crippen LogP contribution in [0.2, 0.25) is 0 Å². The summed E-state index contributed by atoms with van der Waals surface area (Å²) in [5.74, 6) is 0.694. The summed E-state index contributed by atoms with van der Waals surface area (Å²) < 4.78 is 13.0. The Morgan fingerprint density at radius 2 is 0.867 bits per heavy atom. The van der Waals surface area contributed by atoms with Crippen LogP contribution in [0.15, 0.2) is 209 Å². The lowest BCUT2D eigenvalue weighted by atomic mass is 9.89. The van der Waals surface area contributed by atoms with Crippen molar-refractivity contribution < 1.29 is 8.83 Å². The maximum absolute atomic E-state index is 6.55. The Morgan fingerprint density at radius 3 is 1.58 bits per heavy atom. The molecular weight excluding hydrogens is 735 g/mol. The fourth-order valence-electron chi connectivity index (χ4n) is 8.67. The zero-order chi connectivity index (χ0) is 39.6. The first-order valence-corrected chi connectivity index (χ1v) is 20.1. The largest absolute Gasteiger partial charge is 0.456 e. The number of aromatic nitrogens is 3. The van der Waals surface area contributed by atoms with Crippen LogP contribution in [0.3, 0.4) is 0 Å². The van der Waals surface area contributed by atoms with Crippen LogP contribution in [-0.4, -0.2) is 15.0 Å². The monoisotopic (exact) mass is 767 g/mol. The Kier molecular flexibility index (Phi) is 7.78. The Balaban J connectivity index is 0.998. The third-order valence-electron chi connectivity index (χ3n) is 11.5. The molecule has 0 saturated carbocycles. The van der Waals surface area contributed by atoms with Gasteiger partial charge in [-0.1, -0.05) is 170 Å². The van der Waals surface area contributed by atoms with Crippen LogP contribution in [-0.2, 0) is 0 Å². The molecule has 0 fully saturated rings. The average molecular weight is 768 g/mol. The number of benzene rings is 8. The van der Waals surface area contributed by atoms with E-state index in [9.17, 15) is 0 Å². The Morgan fingerprint density at radius 1 is 0.333 bits per heavy atom. The Bertz CT molecular complexity index is 3510. The summed E-state index contributed by atoms with van der Waals surface area (Å²) >= 11 is 0. The van der Waals surface area contributed by atoms with Crippen LogP contribution >= 0.6 is 0 Å². The molecule has 0 aliphatic carbocycles. The van der Waals surface area contributed by atoms with E-state index < -0.39 is 0 Å². The number of pyridine rings is 1. The standard InChI is InChI=1S/C55H33N3O2/c1-3-13-35(14-4-1)45-33-46(58-55(57-45)39-15-5-2-6-16-39)36-25-23-34(24-26-36)40-31-32-49-52(43-19-9-11-21-47(43)59-49)50(40)37-27-29-38(30-28-37)53-54-51(41-17-7-10-20-44(41)56-53)42-18-8-12-22-48(42)60-54/h1-33H. The maximum Gasteiger partial charge on any atom is 0.162 e. The smallest absolute Gasteiger partial charge is 0.162 e. The van der Waals surface area contributed by atoms with Gasteiger partial charge in [0.15, 0.2) is 11.4 Å². The zero-order valence-electron chi connectivity index (χ0n) is 32.2. The molecule has 0 saturated heterocycles. The molecule has 4 heterocycles. The predicted octanol–water partition coefficient (Wildman–Crippen LogP) is 14.8. The van der Waals surface area contributed by atoms with Crippen LogP contribution in [0, 0.1) is 0 Å². The van der Waals surface area contributed by atoms with E-state index in [0.29, 0.717) is 5.82 Å². The second-order valence-electron chi connectivity index (χ2n) is 15.1. The summed E-state index contributed by atoms with van der Waals surface area (Å²) in [6.45, 7) is 0. The molecule has 60 heavy (non-hydrogen) atoms. The van der Waals surface area contributed by atoms with E-state index in [1.165, 1.54) is 0 Å². The van der Waals surface area contributed by atoms with Crippen LogP contribution in [0.4, 0.5) is 0 Å². The van der Waals surface area contributed by atoms with Crippen molar-refractivity contribution in [1.82, 2.24) is 15.0 Å². The first-order chi connectivity index (χ1) is 29.7. The van der Waals surface area contributed by atoms with Crippen molar-refractivity contribution in [2.24, 2.45) is 0 Å². The van der Waals surface area contributed by atoms with E-state index in [2.05, 4.69) is 133 Å². The third kappa shape index (κ3) is 5.59. The molecule has 0 aliphatic rings. The molecule has 0 amide bonds. The molecule has 280 valence electrons. The van der Waals surface area contributed by atoms with Crippen molar-refractivity contribution in [2.75, 3.05) is 0 Å². The lowest BCUT2D eigenvalue weighted by Gasteiger charge is -2.14. The highest BCUT2D eigenvalue weighted by Gasteiger charge is 2.21. The minimum atomic E-state index is 0.694. The van der Waals surface area contributed by atoms with Gasteiger partial charge in [0.2, 0.25) is 0 Å². The molecule has 0 unspecified atom stereocenters. The van der Waals surface area contributed by atoms with Gasteiger partial charge in [-0.3, -0.25) is 0 Å². The molecule has 5 heteroatoms. The minimum absolute atomic E-state index is 0.694. The fraction of sp³-hybridized carbons (Fsp3) is 0. The summed E-state index contributed by atoms with van der Waals surface area (Å²) in [7, 11) is 0. The number of furan rings is 2. The molecule has 0 spiro atoms. The van der Waals surface area contributed by atoms with E-state index in [1.54, 1.807) is 0 Å². The van der Waals surface area contributed by atoms with Crippen molar-refractivity contribution in [3.05, 3.63) is 200 Å². The lowest BCUT2D eigenvalue weighted by molar-refractivity contribution is 0.668. The molecular formula is C55H33N3O2. The first-order valence-electron chi connectivity index (χ1n) is 20.1. The van der Waals surface area contributed by atoms with Gasteiger partial charge in [-0.2, -0.15) is 0 Å². The summed E-state index contributed by atoms with van der Waals surface area (Å²) in [6.07, 6.45) is 0. The quantitative estimate of drug-likeness (QED) is 0.169. The second kappa shape index (κ2) is 13.8. The molecule has 4 aromatic heterocycles. The van der Waals surface area contributed by atoms with Gasteiger partial charge in [0.1, 0.15) is 22.4 Å². The van der Waals surface area contributed by atoms with Crippen molar-refractivity contribution in [3.8, 4) is 67.4 Å². The van der Waals surface area contributed by atoms with E-state index in [1.807, 2.05) is 66.7 Å². The van der Waals surface area contributed by atoms with Crippen LogP contribution in [0.5, 0.6) is 0 Å². The topological polar surface area (TPSA) is 65.0 Å². The van der Waals surface area contributed by atoms with Gasteiger partial charge in [-0.25, -0.2) is 15.0 Å². The minimum Gasteiger partial charge on any atom is -0.456 e. The number of hydrogen-bond donors (Lipinski definition) is 0. The van der Waals surface area contributed by atoms with Crippen molar-refractivity contribution in [1.29, 1.82) is 0 Å². The van der Waals surface area contributed by atoms with Crippen LogP contribution in [0.25, 0.3) is 122 Å². The number of para-hydroxylation sites is 3. The summed E-state index contributed by atoms with van der Waals surface area (Å²) in [5.41, 5.74) is 15.2. The predicted molar refractivity (Wildman–Crippen MR) is 245 cm³/mol. The van der Waals surface area contributed by atoms with Gasteiger partial charge in [-0.05, 0) is 47.0 Å². The summed E-state index contributed by atoms with van der Waals surface area (Å²) in [5, 5.41) is 5.42. The molecule has 12 aromatic rings. The highest BCUT2D eigenvalue weighted by Crippen LogP contribution is 2.45. The van der Waals surface area contributed by atoms with Crippen molar-refractivity contribution in [3.63, 3.8) is 0 Å². The zero-order valence-corrected chi connectivity index (χ0v) is 32.2. The molecule has 0 radical (unpaired) electrons. The highest BCUT2D eigenvalue weighted by atomic mass is 16.3. The summed E-state index contributed by atoms with van der Waals surface area (Å²) in [4.78, 5) is 15.3. The summed E-state index contributed by atoms with van der Waals surface area (Å²) in [6, 6.07) is 69.0. The van der Waals surface area contributed by atoms with Gasteiger partial charge < -0.3 is 8.83 Å². The fourth-order valence-corrected chi connectivity index (χ4v) is 8.67. The molecule has 0 atom stereocenters. The average Bonchev–Trinajstić information content (AvgIpc) is 3.91. The molecule has 12 rings (SSSR count). The molecule has 5 nitrogen and oxygen atoms in total. The lowest BCUT2D eigenvalue weighted by Crippen LogP contribution is -1.96. The van der Waals surface area contributed by atoms with Gasteiger partial charge in [0.25, 0.3) is 0 Å². The number of fused-ring (bicyclic) bond motifs is 8. The maximum atomic E-state index is 6.55. The van der Waals surface area contributed by atoms with Gasteiger partial charge >= 0.3 is 0 Å². The van der Waals surface area contributed by atoms with Crippen molar-refractivity contribution >= 4 is 54.8 Å². The highest BCUT2D eigenvalue weighted by molar-refractivity contribution is 6.21. The number of hydrogen-bond acceptors (Lipinski definition) is 5. The third-order valence-corrected chi connectivity index (χ3v) is 11.5. The molecule has 0 N–H and O–H groups in total. The Labute approximate surface area is 344 Å². The van der Waals surface area contributed by atoms with Crippen LogP contribution in [0.1, 0.15) is 0 Å². The number of nitrogens with zero attached hydrogens (tertiary/aromatic N) is 3. The van der Waals surface area contributed by atoms with E-state index in [-0.39, 0.29) is 0 Å². The number of rotatable bonds is 6. The first kappa shape index (κ1) is 33.9. The van der Waals surface area contributed by atoms with E-state index in [4.69, 9.17) is 23.8 Å². The second-order valence-corrected chi connectivity index (χ2v) is 15.1. The SMILES string of the molecule is c1ccc(-c2cc(-c3ccc(-c4ccc5oc6ccccc6c5c4-c4ccc(-c5nc6ccccc6c6c5oc5ccccc56)cc4)cc3)nc(-c3ccccc3)n2)cc1. The normalized spacial score (nSPS) is 11.7. The van der Waals surface area contributed by atoms with Crippen LogP contribution < -0.4 is 0 Å². The van der Waals surface area contributed by atoms with E-state index in [0.717, 1.165) is 116 Å². The Hall–Kier alpha value is -8.15. The molecule has 0 aliphatic heterocycles. The molecule has 0 bridgehead atoms.